The van der Waals surface area contributed by atoms with Crippen LogP contribution in [0.3, 0.4) is 0 Å². The first-order chi connectivity index (χ1) is 10.7. The molecule has 1 N–H and O–H groups in total. The first-order valence-electron chi connectivity index (χ1n) is 6.45. The van der Waals surface area contributed by atoms with Gasteiger partial charge in [-0.15, -0.1) is 0 Å². The predicted octanol–water partition coefficient (Wildman–Crippen LogP) is 1.57. The number of Topliss-reactive ketones (excluding diaryl/α,β-unsaturated/α-hetero) is 1. The van der Waals surface area contributed by atoms with Crippen LogP contribution < -0.4 is 4.74 Å². The van der Waals surface area contributed by atoms with Gasteiger partial charge in [0.25, 0.3) is 0 Å². The topological polar surface area (TPSA) is 133 Å². The molecular formula is C14H15NO8. The molecule has 0 aliphatic heterocycles. The predicted molar refractivity (Wildman–Crippen MR) is 76.2 cm³/mol. The number of hydrogen-bond donors (Lipinski definition) is 1. The van der Waals surface area contributed by atoms with Crippen molar-refractivity contribution < 1.29 is 33.9 Å². The Bertz CT molecular complexity index is 667. The van der Waals surface area contributed by atoms with Gasteiger partial charge in [0.15, 0.2) is 5.75 Å². The average Bonchev–Trinajstić information content (AvgIpc) is 2.50. The maximum absolute atomic E-state index is 11.6. The van der Waals surface area contributed by atoms with Gasteiger partial charge in [-0.3, -0.25) is 19.7 Å². The molecule has 0 heterocycles. The Labute approximate surface area is 131 Å². The molecule has 0 amide bonds. The van der Waals surface area contributed by atoms with Crippen molar-refractivity contribution in [1.29, 1.82) is 0 Å². The lowest BCUT2D eigenvalue weighted by Gasteiger charge is -2.12. The highest BCUT2D eigenvalue weighted by molar-refractivity contribution is 5.97. The number of carboxylic acid groups (broad SMARTS) is 1. The minimum atomic E-state index is -1.55. The van der Waals surface area contributed by atoms with Crippen LogP contribution in [0.5, 0.6) is 5.75 Å². The van der Waals surface area contributed by atoms with Crippen LogP contribution in [0.1, 0.15) is 29.8 Å². The largest absolute Gasteiger partial charge is 0.490 e. The first kappa shape index (κ1) is 18.1. The summed E-state index contributed by atoms with van der Waals surface area (Å²) < 4.78 is 9.65. The zero-order valence-electron chi connectivity index (χ0n) is 12.7. The Morgan fingerprint density at radius 1 is 1.35 bits per heavy atom. The number of nitro groups is 1. The van der Waals surface area contributed by atoms with Crippen molar-refractivity contribution in [1.82, 2.24) is 0 Å². The van der Waals surface area contributed by atoms with E-state index >= 15 is 0 Å². The van der Waals surface area contributed by atoms with Gasteiger partial charge < -0.3 is 14.6 Å². The Balaban J connectivity index is 3.20. The van der Waals surface area contributed by atoms with E-state index in [-0.39, 0.29) is 11.3 Å². The number of hydrogen-bond acceptors (Lipinski definition) is 7. The molecule has 124 valence electrons. The summed E-state index contributed by atoms with van der Waals surface area (Å²) in [4.78, 5) is 44.3. The molecule has 9 heteroatoms. The fraction of sp³-hybridized carbons (Fsp3) is 0.357. The number of aromatic carboxylic acids is 1. The van der Waals surface area contributed by atoms with E-state index in [2.05, 4.69) is 0 Å². The number of carbonyl (C=O) groups is 3. The Kier molecular flexibility index (Phi) is 5.77. The van der Waals surface area contributed by atoms with Gasteiger partial charge in [-0.05, 0) is 19.9 Å². The van der Waals surface area contributed by atoms with Crippen LogP contribution in [0.15, 0.2) is 12.1 Å². The third kappa shape index (κ3) is 4.02. The van der Waals surface area contributed by atoms with E-state index < -0.39 is 46.4 Å². The monoisotopic (exact) mass is 325 g/mol. The lowest BCUT2D eigenvalue weighted by molar-refractivity contribution is -0.386. The van der Waals surface area contributed by atoms with Crippen LogP contribution in [-0.4, -0.2) is 34.9 Å². The Morgan fingerprint density at radius 2 is 1.96 bits per heavy atom. The Hall–Kier alpha value is -2.97. The summed E-state index contributed by atoms with van der Waals surface area (Å²) in [5.41, 5.74) is -1.43. The highest BCUT2D eigenvalue weighted by Gasteiger charge is 2.30. The first-order valence-corrected chi connectivity index (χ1v) is 6.45. The normalized spacial score (nSPS) is 11.4. The number of methoxy groups -OCH3 is 1. The van der Waals surface area contributed by atoms with Crippen molar-refractivity contribution in [2.45, 2.75) is 20.5 Å². The maximum atomic E-state index is 11.6. The second-order valence-electron chi connectivity index (χ2n) is 4.65. The van der Waals surface area contributed by atoms with Crippen LogP contribution in [0.2, 0.25) is 0 Å². The second-order valence-corrected chi connectivity index (χ2v) is 4.65. The third-order valence-electron chi connectivity index (χ3n) is 3.18. The number of nitrogens with zero attached hydrogens (tertiary/aromatic N) is 1. The number of carboxylic acids is 1. The van der Waals surface area contributed by atoms with Crippen LogP contribution in [-0.2, 0) is 20.9 Å². The molecule has 0 fully saturated rings. The maximum Gasteiger partial charge on any atom is 0.343 e. The molecule has 9 nitrogen and oxygen atoms in total. The summed E-state index contributed by atoms with van der Waals surface area (Å²) in [5, 5.41) is 20.3. The number of nitro benzene ring substituents is 1. The summed E-state index contributed by atoms with van der Waals surface area (Å²) in [6, 6.07) is 2.46. The number of carbonyl (C=O) groups excluding carboxylic acids is 2. The number of ether oxygens (including phenoxy) is 2. The Morgan fingerprint density at radius 3 is 2.39 bits per heavy atom. The van der Waals surface area contributed by atoms with E-state index in [1.54, 1.807) is 0 Å². The molecule has 0 saturated heterocycles. The number of ketones is 1. The highest BCUT2D eigenvalue weighted by Crippen LogP contribution is 2.33. The quantitative estimate of drug-likeness (QED) is 0.345. The number of rotatable bonds is 7. The van der Waals surface area contributed by atoms with E-state index in [9.17, 15) is 29.6 Å². The molecule has 1 aromatic carbocycles. The average molecular weight is 325 g/mol. The summed E-state index contributed by atoms with van der Waals surface area (Å²) >= 11 is 0. The molecule has 0 aliphatic rings. The van der Waals surface area contributed by atoms with E-state index in [1.165, 1.54) is 33.1 Å². The summed E-state index contributed by atoms with van der Waals surface area (Å²) in [7, 11) is 1.17. The standard InChI is InChI=1S/C14H15NO8/c1-7(8(2)16)14(19)23-6-9-4-5-10(22-3)12(15(20)21)11(9)13(17)18/h4-5,7H,6H2,1-3H3,(H,17,18). The van der Waals surface area contributed by atoms with Crippen LogP contribution in [0.25, 0.3) is 0 Å². The molecular weight excluding hydrogens is 310 g/mol. The van der Waals surface area contributed by atoms with Gasteiger partial charge in [-0.1, -0.05) is 6.07 Å². The molecule has 1 rings (SSSR count). The SMILES string of the molecule is COc1ccc(COC(=O)C(C)C(C)=O)c(C(=O)O)c1[N+](=O)[O-]. The van der Waals surface area contributed by atoms with Gasteiger partial charge in [0.1, 0.15) is 23.9 Å². The van der Waals surface area contributed by atoms with Gasteiger partial charge in [-0.25, -0.2) is 4.79 Å². The summed E-state index contributed by atoms with van der Waals surface area (Å²) in [6.45, 7) is 2.05. The molecule has 0 aliphatic carbocycles. The van der Waals surface area contributed by atoms with E-state index in [1.807, 2.05) is 0 Å². The fourth-order valence-corrected chi connectivity index (χ4v) is 1.76. The van der Waals surface area contributed by atoms with Crippen molar-refractivity contribution in [3.05, 3.63) is 33.4 Å². The molecule has 23 heavy (non-hydrogen) atoms. The molecule has 0 saturated carbocycles. The molecule has 1 atom stereocenters. The van der Waals surface area contributed by atoms with Gasteiger partial charge in [-0.2, -0.15) is 0 Å². The van der Waals surface area contributed by atoms with Gasteiger partial charge >= 0.3 is 17.6 Å². The van der Waals surface area contributed by atoms with E-state index in [0.717, 1.165) is 0 Å². The minimum absolute atomic E-state index is 0.0749. The summed E-state index contributed by atoms with van der Waals surface area (Å²) in [6.07, 6.45) is 0. The molecule has 0 aromatic heterocycles. The van der Waals surface area contributed by atoms with Crippen molar-refractivity contribution in [2.24, 2.45) is 5.92 Å². The third-order valence-corrected chi connectivity index (χ3v) is 3.18. The minimum Gasteiger partial charge on any atom is -0.490 e. The van der Waals surface area contributed by atoms with Gasteiger partial charge in [0, 0.05) is 5.56 Å². The zero-order chi connectivity index (χ0) is 17.7. The highest BCUT2D eigenvalue weighted by atomic mass is 16.6. The van der Waals surface area contributed by atoms with Crippen molar-refractivity contribution in [3.63, 3.8) is 0 Å². The van der Waals surface area contributed by atoms with Gasteiger partial charge in [0.05, 0.1) is 12.0 Å². The second kappa shape index (κ2) is 7.34. The lowest BCUT2D eigenvalue weighted by Crippen LogP contribution is -2.21. The lowest BCUT2D eigenvalue weighted by atomic mass is 10.0. The van der Waals surface area contributed by atoms with Crippen LogP contribution >= 0.6 is 0 Å². The molecule has 0 radical (unpaired) electrons. The molecule has 0 spiro atoms. The van der Waals surface area contributed by atoms with E-state index in [0.29, 0.717) is 0 Å². The molecule has 1 unspecified atom stereocenters. The van der Waals surface area contributed by atoms with Crippen LogP contribution in [0.4, 0.5) is 5.69 Å². The van der Waals surface area contributed by atoms with E-state index in [4.69, 9.17) is 9.47 Å². The smallest absolute Gasteiger partial charge is 0.343 e. The zero-order valence-corrected chi connectivity index (χ0v) is 12.7. The number of esters is 1. The van der Waals surface area contributed by atoms with Gasteiger partial charge in [0.2, 0.25) is 0 Å². The van der Waals surface area contributed by atoms with Crippen LogP contribution in [0, 0.1) is 16.0 Å². The molecule has 1 aromatic rings. The molecule has 0 bridgehead atoms. The van der Waals surface area contributed by atoms with Crippen molar-refractivity contribution in [3.8, 4) is 5.75 Å². The number of benzene rings is 1. The van der Waals surface area contributed by atoms with Crippen molar-refractivity contribution in [2.75, 3.05) is 7.11 Å². The van der Waals surface area contributed by atoms with Crippen molar-refractivity contribution >= 4 is 23.4 Å². The fourth-order valence-electron chi connectivity index (χ4n) is 1.76. The summed E-state index contributed by atoms with van der Waals surface area (Å²) in [5.74, 6) is -4.03.